The number of halogens is 1. The second kappa shape index (κ2) is 7.13. The van der Waals surface area contributed by atoms with Crippen LogP contribution in [0, 0.1) is 17.7 Å². The van der Waals surface area contributed by atoms with Gasteiger partial charge in [0.15, 0.2) is 0 Å². The van der Waals surface area contributed by atoms with Crippen molar-refractivity contribution in [2.45, 2.75) is 19.1 Å². The number of carbonyl (C=O) groups is 1. The van der Waals surface area contributed by atoms with E-state index in [1.165, 1.54) is 15.1 Å². The van der Waals surface area contributed by atoms with Crippen molar-refractivity contribution < 1.29 is 17.6 Å². The fraction of sp³-hybridized carbons (Fsp3) is 0.364. The SMILES string of the molecule is CC(C)S(=O)(=O)N1C[C@@H]2CN(c3cccc4c3cnn4-c3ccccc3F)C(=O)[C@@H]2C1. The molecule has 2 saturated heterocycles. The molecule has 2 aliphatic rings. The first-order chi connectivity index (χ1) is 14.8. The number of carbonyl (C=O) groups excluding carboxylic acids is 1. The highest BCUT2D eigenvalue weighted by Crippen LogP contribution is 2.39. The number of rotatable bonds is 4. The van der Waals surface area contributed by atoms with Crippen molar-refractivity contribution in [3.63, 3.8) is 0 Å². The Morgan fingerprint density at radius 2 is 1.77 bits per heavy atom. The standard InChI is InChI=1S/C22H23FN4O3S/c1-14(2)31(29,30)25-11-15-12-26(22(28)17(15)13-25)19-8-5-9-20-16(19)10-24-27(20)21-7-4-3-6-18(21)23/h3-10,14-15,17H,11-13H2,1-2H3/t15-,17-/m1/s1. The molecule has 2 atom stereocenters. The fourth-order valence-corrected chi connectivity index (χ4v) is 5.99. The first-order valence-electron chi connectivity index (χ1n) is 10.3. The lowest BCUT2D eigenvalue weighted by molar-refractivity contribution is -0.120. The van der Waals surface area contributed by atoms with Crippen molar-refractivity contribution in [2.75, 3.05) is 24.5 Å². The van der Waals surface area contributed by atoms with Crippen LogP contribution in [0.5, 0.6) is 0 Å². The zero-order valence-electron chi connectivity index (χ0n) is 17.3. The summed E-state index contributed by atoms with van der Waals surface area (Å²) in [6.07, 6.45) is 1.65. The van der Waals surface area contributed by atoms with Crippen LogP contribution in [0.4, 0.5) is 10.1 Å². The minimum Gasteiger partial charge on any atom is -0.311 e. The molecule has 2 aromatic carbocycles. The monoisotopic (exact) mass is 442 g/mol. The Kier molecular flexibility index (Phi) is 4.63. The molecule has 0 bridgehead atoms. The van der Waals surface area contributed by atoms with Crippen LogP contribution in [0.15, 0.2) is 48.7 Å². The van der Waals surface area contributed by atoms with Crippen LogP contribution in [0.3, 0.4) is 0 Å². The van der Waals surface area contributed by atoms with E-state index < -0.39 is 15.3 Å². The van der Waals surface area contributed by atoms with E-state index in [-0.39, 0.29) is 30.1 Å². The number of nitrogens with zero attached hydrogens (tertiary/aromatic N) is 4. The number of hydrogen-bond donors (Lipinski definition) is 0. The van der Waals surface area contributed by atoms with Gasteiger partial charge in [-0.15, -0.1) is 0 Å². The van der Waals surface area contributed by atoms with Gasteiger partial charge >= 0.3 is 0 Å². The number of fused-ring (bicyclic) bond motifs is 2. The van der Waals surface area contributed by atoms with Crippen LogP contribution >= 0.6 is 0 Å². The maximum atomic E-state index is 14.3. The molecule has 7 nitrogen and oxygen atoms in total. The van der Waals surface area contributed by atoms with Gasteiger partial charge in [-0.2, -0.15) is 5.10 Å². The molecule has 2 fully saturated rings. The summed E-state index contributed by atoms with van der Waals surface area (Å²) in [5, 5.41) is 4.62. The van der Waals surface area contributed by atoms with Gasteiger partial charge < -0.3 is 4.90 Å². The maximum absolute atomic E-state index is 14.3. The lowest BCUT2D eigenvalue weighted by Gasteiger charge is -2.23. The summed E-state index contributed by atoms with van der Waals surface area (Å²) in [6.45, 7) is 4.36. The predicted octanol–water partition coefficient (Wildman–Crippen LogP) is 2.80. The molecule has 0 aliphatic carbocycles. The van der Waals surface area contributed by atoms with E-state index in [4.69, 9.17) is 0 Å². The summed E-state index contributed by atoms with van der Waals surface area (Å²) >= 11 is 0. The number of para-hydroxylation sites is 1. The summed E-state index contributed by atoms with van der Waals surface area (Å²) in [7, 11) is -3.38. The van der Waals surface area contributed by atoms with Crippen molar-refractivity contribution in [3.8, 4) is 5.69 Å². The lowest BCUT2D eigenvalue weighted by atomic mass is 10.0. The number of anilines is 1. The van der Waals surface area contributed by atoms with Crippen molar-refractivity contribution in [1.82, 2.24) is 14.1 Å². The summed E-state index contributed by atoms with van der Waals surface area (Å²) in [5.74, 6) is -0.836. The summed E-state index contributed by atoms with van der Waals surface area (Å²) in [6, 6.07) is 11.9. The molecule has 2 aliphatic heterocycles. The number of benzene rings is 2. The third-order valence-corrected chi connectivity index (χ3v) is 8.53. The van der Waals surface area contributed by atoms with Crippen LogP contribution in [-0.4, -0.2) is 53.3 Å². The molecule has 0 saturated carbocycles. The Morgan fingerprint density at radius 3 is 2.48 bits per heavy atom. The fourth-order valence-electron chi connectivity index (χ4n) is 4.63. The first kappa shape index (κ1) is 20.1. The molecule has 0 N–H and O–H groups in total. The average molecular weight is 443 g/mol. The van der Waals surface area contributed by atoms with Gasteiger partial charge in [0, 0.05) is 30.9 Å². The Labute approximate surface area is 180 Å². The molecule has 3 heterocycles. The van der Waals surface area contributed by atoms with E-state index in [2.05, 4.69) is 5.10 Å². The summed E-state index contributed by atoms with van der Waals surface area (Å²) < 4.78 is 42.3. The predicted molar refractivity (Wildman–Crippen MR) is 116 cm³/mol. The first-order valence-corrected chi connectivity index (χ1v) is 11.8. The molecule has 5 rings (SSSR count). The largest absolute Gasteiger partial charge is 0.311 e. The third-order valence-electron chi connectivity index (χ3n) is 6.33. The summed E-state index contributed by atoms with van der Waals surface area (Å²) in [4.78, 5) is 14.9. The Bertz CT molecular complexity index is 1290. The van der Waals surface area contributed by atoms with Crippen molar-refractivity contribution in [1.29, 1.82) is 0 Å². The van der Waals surface area contributed by atoms with Gasteiger partial charge in [0.1, 0.15) is 11.5 Å². The zero-order chi connectivity index (χ0) is 21.9. The van der Waals surface area contributed by atoms with Gasteiger partial charge in [-0.1, -0.05) is 18.2 Å². The topological polar surface area (TPSA) is 75.5 Å². The number of sulfonamides is 1. The zero-order valence-corrected chi connectivity index (χ0v) is 18.1. The maximum Gasteiger partial charge on any atom is 0.231 e. The van der Waals surface area contributed by atoms with Crippen LogP contribution in [0.25, 0.3) is 16.6 Å². The minimum absolute atomic E-state index is 0.0436. The molecule has 1 amide bonds. The summed E-state index contributed by atoms with van der Waals surface area (Å²) in [5.41, 5.74) is 1.77. The van der Waals surface area contributed by atoms with Gasteiger partial charge in [0.25, 0.3) is 0 Å². The number of aromatic nitrogens is 2. The molecular weight excluding hydrogens is 419 g/mol. The highest BCUT2D eigenvalue weighted by Gasteiger charge is 2.50. The van der Waals surface area contributed by atoms with E-state index in [9.17, 15) is 17.6 Å². The van der Waals surface area contributed by atoms with E-state index in [0.717, 1.165) is 11.1 Å². The normalized spacial score (nSPS) is 22.1. The van der Waals surface area contributed by atoms with Gasteiger partial charge in [-0.05, 0) is 38.1 Å². The smallest absolute Gasteiger partial charge is 0.231 e. The van der Waals surface area contributed by atoms with Crippen LogP contribution < -0.4 is 4.90 Å². The molecular formula is C22H23FN4O3S. The molecule has 3 aromatic rings. The minimum atomic E-state index is -3.38. The van der Waals surface area contributed by atoms with E-state index in [1.807, 2.05) is 18.2 Å². The number of amides is 1. The van der Waals surface area contributed by atoms with Crippen LogP contribution in [-0.2, 0) is 14.8 Å². The second-order valence-corrected chi connectivity index (χ2v) is 10.9. The average Bonchev–Trinajstić information content (AvgIpc) is 3.43. The molecule has 0 unspecified atom stereocenters. The number of hydrogen-bond acceptors (Lipinski definition) is 4. The van der Waals surface area contributed by atoms with Crippen molar-refractivity contribution >= 4 is 32.5 Å². The highest BCUT2D eigenvalue weighted by molar-refractivity contribution is 7.89. The van der Waals surface area contributed by atoms with Crippen molar-refractivity contribution in [3.05, 3.63) is 54.5 Å². The van der Waals surface area contributed by atoms with E-state index >= 15 is 0 Å². The lowest BCUT2D eigenvalue weighted by Crippen LogP contribution is -2.38. The molecule has 0 radical (unpaired) electrons. The van der Waals surface area contributed by atoms with Gasteiger partial charge in [0.2, 0.25) is 15.9 Å². The highest BCUT2D eigenvalue weighted by atomic mass is 32.2. The molecule has 31 heavy (non-hydrogen) atoms. The van der Waals surface area contributed by atoms with E-state index in [0.29, 0.717) is 24.3 Å². The molecule has 162 valence electrons. The molecule has 1 aromatic heterocycles. The second-order valence-electron chi connectivity index (χ2n) is 8.44. The van der Waals surface area contributed by atoms with Crippen molar-refractivity contribution in [2.24, 2.45) is 11.8 Å². The molecule has 9 heteroatoms. The van der Waals surface area contributed by atoms with E-state index in [1.54, 1.807) is 43.1 Å². The van der Waals surface area contributed by atoms with Crippen LogP contribution in [0.1, 0.15) is 13.8 Å². The van der Waals surface area contributed by atoms with Gasteiger partial charge in [-0.25, -0.2) is 21.8 Å². The van der Waals surface area contributed by atoms with Gasteiger partial charge in [0.05, 0.1) is 28.6 Å². The Morgan fingerprint density at radius 1 is 1.03 bits per heavy atom. The third kappa shape index (κ3) is 3.06. The quantitative estimate of drug-likeness (QED) is 0.623. The molecule has 0 spiro atoms. The Balaban J connectivity index is 1.47. The van der Waals surface area contributed by atoms with Crippen LogP contribution in [0.2, 0.25) is 0 Å². The Hall–Kier alpha value is -2.78. The van der Waals surface area contributed by atoms with Gasteiger partial charge in [-0.3, -0.25) is 4.79 Å².